The predicted octanol–water partition coefficient (Wildman–Crippen LogP) is 2.85. The molecule has 0 unspecified atom stereocenters. The van der Waals surface area contributed by atoms with Gasteiger partial charge in [0, 0.05) is 17.6 Å². The molecule has 7 heteroatoms. The molecule has 1 aromatic carbocycles. The van der Waals surface area contributed by atoms with Crippen LogP contribution in [-0.2, 0) is 0 Å². The highest BCUT2D eigenvalue weighted by molar-refractivity contribution is 9.10. The summed E-state index contributed by atoms with van der Waals surface area (Å²) in [6.07, 6.45) is 0. The molecule has 0 atom stereocenters. The number of anilines is 2. The molecule has 2 aromatic rings. The van der Waals surface area contributed by atoms with Gasteiger partial charge in [0.2, 0.25) is 11.9 Å². The van der Waals surface area contributed by atoms with E-state index in [-0.39, 0.29) is 12.0 Å². The fraction of sp³-hybridized carbons (Fsp3) is 0.308. The molecule has 0 aliphatic rings. The van der Waals surface area contributed by atoms with Crippen LogP contribution < -0.4 is 15.4 Å². The number of hydrogen-bond acceptors (Lipinski definition) is 6. The van der Waals surface area contributed by atoms with Gasteiger partial charge in [0.15, 0.2) is 0 Å². The second-order valence-corrected chi connectivity index (χ2v) is 4.92. The van der Waals surface area contributed by atoms with Crippen LogP contribution >= 0.6 is 15.9 Å². The van der Waals surface area contributed by atoms with Crippen LogP contribution in [0.4, 0.5) is 11.9 Å². The lowest BCUT2D eigenvalue weighted by Crippen LogP contribution is -2.25. The summed E-state index contributed by atoms with van der Waals surface area (Å²) in [7, 11) is 0. The minimum absolute atomic E-state index is 0.145. The van der Waals surface area contributed by atoms with E-state index in [1.165, 1.54) is 0 Å². The molecule has 0 radical (unpaired) electrons. The van der Waals surface area contributed by atoms with Crippen molar-refractivity contribution in [3.05, 3.63) is 28.7 Å². The van der Waals surface area contributed by atoms with Gasteiger partial charge in [-0.1, -0.05) is 22.0 Å². The van der Waals surface area contributed by atoms with Crippen LogP contribution in [0.3, 0.4) is 0 Å². The second-order valence-electron chi connectivity index (χ2n) is 4.01. The van der Waals surface area contributed by atoms with Gasteiger partial charge in [0.1, 0.15) is 5.75 Å². The Morgan fingerprint density at radius 2 is 1.95 bits per heavy atom. The lowest BCUT2D eigenvalue weighted by molar-refractivity contribution is 0.440. The standard InChI is InChI=1S/C13H16BrN5O/c1-3-19(4-2)12-16-11(15)17-13(18-12)20-10-7-5-6-9(14)8-10/h5-8H,3-4H2,1-2H3,(H2,15,16,17,18). The van der Waals surface area contributed by atoms with Crippen LogP contribution in [0.5, 0.6) is 11.8 Å². The average Bonchev–Trinajstić information content (AvgIpc) is 2.39. The lowest BCUT2D eigenvalue weighted by Gasteiger charge is -2.18. The first kappa shape index (κ1) is 14.5. The highest BCUT2D eigenvalue weighted by Crippen LogP contribution is 2.23. The van der Waals surface area contributed by atoms with E-state index in [1.807, 2.05) is 43.0 Å². The molecule has 0 aliphatic heterocycles. The number of nitrogen functional groups attached to an aromatic ring is 1. The molecule has 6 nitrogen and oxygen atoms in total. The molecule has 0 aliphatic carbocycles. The average molecular weight is 338 g/mol. The van der Waals surface area contributed by atoms with Gasteiger partial charge in [-0.3, -0.25) is 0 Å². The third kappa shape index (κ3) is 3.57. The van der Waals surface area contributed by atoms with Crippen LogP contribution in [0.15, 0.2) is 28.7 Å². The number of nitrogens with two attached hydrogens (primary N) is 1. The number of hydrogen-bond donors (Lipinski definition) is 1. The van der Waals surface area contributed by atoms with Crippen molar-refractivity contribution in [1.82, 2.24) is 15.0 Å². The van der Waals surface area contributed by atoms with Crippen molar-refractivity contribution in [3.63, 3.8) is 0 Å². The first-order valence-corrected chi connectivity index (χ1v) is 7.11. The molecular weight excluding hydrogens is 322 g/mol. The smallest absolute Gasteiger partial charge is 0.328 e. The highest BCUT2D eigenvalue weighted by Gasteiger charge is 2.11. The first-order chi connectivity index (χ1) is 9.62. The third-order valence-corrected chi connectivity index (χ3v) is 3.17. The normalized spacial score (nSPS) is 10.3. The number of nitrogens with zero attached hydrogens (tertiary/aromatic N) is 4. The quantitative estimate of drug-likeness (QED) is 0.903. The van der Waals surface area contributed by atoms with E-state index in [9.17, 15) is 0 Å². The molecule has 0 saturated carbocycles. The van der Waals surface area contributed by atoms with E-state index in [4.69, 9.17) is 10.5 Å². The summed E-state index contributed by atoms with van der Waals surface area (Å²) < 4.78 is 6.54. The van der Waals surface area contributed by atoms with Gasteiger partial charge in [-0.05, 0) is 32.0 Å². The number of ether oxygens (including phenoxy) is 1. The van der Waals surface area contributed by atoms with E-state index in [1.54, 1.807) is 0 Å². The van der Waals surface area contributed by atoms with Crippen LogP contribution in [-0.4, -0.2) is 28.0 Å². The zero-order chi connectivity index (χ0) is 14.5. The van der Waals surface area contributed by atoms with E-state index in [0.29, 0.717) is 11.7 Å². The maximum Gasteiger partial charge on any atom is 0.328 e. The van der Waals surface area contributed by atoms with E-state index >= 15 is 0 Å². The summed E-state index contributed by atoms with van der Waals surface area (Å²) in [5.41, 5.74) is 5.71. The van der Waals surface area contributed by atoms with Gasteiger partial charge in [-0.2, -0.15) is 15.0 Å². The number of benzene rings is 1. The first-order valence-electron chi connectivity index (χ1n) is 6.32. The zero-order valence-corrected chi connectivity index (χ0v) is 13.0. The molecule has 1 aromatic heterocycles. The molecule has 0 fully saturated rings. The Morgan fingerprint density at radius 1 is 1.20 bits per heavy atom. The Kier molecular flexibility index (Phi) is 4.73. The topological polar surface area (TPSA) is 77.2 Å². The van der Waals surface area contributed by atoms with Crippen molar-refractivity contribution < 1.29 is 4.74 Å². The largest absolute Gasteiger partial charge is 0.424 e. The Balaban J connectivity index is 2.28. The van der Waals surface area contributed by atoms with Gasteiger partial charge in [0.05, 0.1) is 0 Å². The maximum absolute atomic E-state index is 5.71. The van der Waals surface area contributed by atoms with Gasteiger partial charge in [-0.15, -0.1) is 0 Å². The molecule has 20 heavy (non-hydrogen) atoms. The van der Waals surface area contributed by atoms with Crippen LogP contribution in [0.2, 0.25) is 0 Å². The van der Waals surface area contributed by atoms with Gasteiger partial charge in [-0.25, -0.2) is 0 Å². The summed E-state index contributed by atoms with van der Waals surface area (Å²) in [5.74, 6) is 1.30. The zero-order valence-electron chi connectivity index (χ0n) is 11.4. The Morgan fingerprint density at radius 3 is 2.60 bits per heavy atom. The van der Waals surface area contributed by atoms with Gasteiger partial charge < -0.3 is 15.4 Å². The Labute approximate surface area is 126 Å². The molecule has 2 N–H and O–H groups in total. The molecule has 0 amide bonds. The molecular formula is C13H16BrN5O. The van der Waals surface area contributed by atoms with E-state index < -0.39 is 0 Å². The monoisotopic (exact) mass is 337 g/mol. The van der Waals surface area contributed by atoms with Crippen molar-refractivity contribution in [2.24, 2.45) is 0 Å². The van der Waals surface area contributed by atoms with Crippen molar-refractivity contribution in [1.29, 1.82) is 0 Å². The van der Waals surface area contributed by atoms with E-state index in [0.717, 1.165) is 17.6 Å². The number of halogens is 1. The lowest BCUT2D eigenvalue weighted by atomic mass is 10.3. The number of aromatic nitrogens is 3. The van der Waals surface area contributed by atoms with Crippen LogP contribution in [0, 0.1) is 0 Å². The molecule has 106 valence electrons. The predicted molar refractivity (Wildman–Crippen MR) is 82.0 cm³/mol. The van der Waals surface area contributed by atoms with Gasteiger partial charge in [0.25, 0.3) is 0 Å². The summed E-state index contributed by atoms with van der Waals surface area (Å²) in [6, 6.07) is 7.63. The van der Waals surface area contributed by atoms with Crippen molar-refractivity contribution in [3.8, 4) is 11.8 Å². The summed E-state index contributed by atoms with van der Waals surface area (Å²) >= 11 is 3.38. The molecule has 0 spiro atoms. The van der Waals surface area contributed by atoms with Crippen molar-refractivity contribution >= 4 is 27.8 Å². The van der Waals surface area contributed by atoms with Crippen molar-refractivity contribution in [2.75, 3.05) is 23.7 Å². The molecule has 0 saturated heterocycles. The highest BCUT2D eigenvalue weighted by atomic mass is 79.9. The van der Waals surface area contributed by atoms with Crippen LogP contribution in [0.25, 0.3) is 0 Å². The summed E-state index contributed by atoms with van der Waals surface area (Å²) in [5, 5.41) is 0. The maximum atomic E-state index is 5.71. The fourth-order valence-corrected chi connectivity index (χ4v) is 2.07. The molecule has 1 heterocycles. The SMILES string of the molecule is CCN(CC)c1nc(N)nc(Oc2cccc(Br)c2)n1. The Hall–Kier alpha value is -1.89. The Bertz CT molecular complexity index is 589. The number of rotatable bonds is 5. The van der Waals surface area contributed by atoms with E-state index in [2.05, 4.69) is 30.9 Å². The molecule has 2 rings (SSSR count). The third-order valence-electron chi connectivity index (χ3n) is 2.67. The fourth-order valence-electron chi connectivity index (χ4n) is 1.69. The minimum atomic E-state index is 0.145. The van der Waals surface area contributed by atoms with Crippen molar-refractivity contribution in [2.45, 2.75) is 13.8 Å². The minimum Gasteiger partial charge on any atom is -0.424 e. The molecule has 0 bridgehead atoms. The van der Waals surface area contributed by atoms with Gasteiger partial charge >= 0.3 is 6.01 Å². The van der Waals surface area contributed by atoms with Crippen LogP contribution in [0.1, 0.15) is 13.8 Å². The summed E-state index contributed by atoms with van der Waals surface area (Å²) in [4.78, 5) is 14.4. The summed E-state index contributed by atoms with van der Waals surface area (Å²) in [6.45, 7) is 5.63. The second kappa shape index (κ2) is 6.51.